The van der Waals surface area contributed by atoms with Crippen molar-refractivity contribution in [1.29, 1.82) is 0 Å². The SMILES string of the molecule is CC(=O)O.CCc1ccncc1. The molecule has 0 fully saturated rings. The van der Waals surface area contributed by atoms with Crippen molar-refractivity contribution in [3.63, 3.8) is 0 Å². The molecule has 66 valence electrons. The van der Waals surface area contributed by atoms with Gasteiger partial charge in [-0.3, -0.25) is 9.78 Å². The maximum atomic E-state index is 9.00. The number of aliphatic carboxylic acids is 1. The second-order valence-corrected chi connectivity index (χ2v) is 2.23. The largest absolute Gasteiger partial charge is 0.481 e. The molecule has 0 radical (unpaired) electrons. The Balaban J connectivity index is 0.000000261. The Morgan fingerprint density at radius 3 is 2.17 bits per heavy atom. The number of aromatic nitrogens is 1. The maximum absolute atomic E-state index is 9.00. The average Bonchev–Trinajstić information content (AvgIpc) is 2.05. The van der Waals surface area contributed by atoms with Crippen molar-refractivity contribution in [2.24, 2.45) is 0 Å². The second-order valence-electron chi connectivity index (χ2n) is 2.23. The lowest BCUT2D eigenvalue weighted by Gasteiger charge is -1.89. The van der Waals surface area contributed by atoms with Crippen molar-refractivity contribution < 1.29 is 9.90 Å². The van der Waals surface area contributed by atoms with Gasteiger partial charge >= 0.3 is 0 Å². The van der Waals surface area contributed by atoms with E-state index in [0.29, 0.717) is 0 Å². The van der Waals surface area contributed by atoms with Crippen LogP contribution in [0, 0.1) is 0 Å². The molecule has 0 saturated heterocycles. The maximum Gasteiger partial charge on any atom is 0.300 e. The zero-order valence-corrected chi connectivity index (χ0v) is 7.32. The summed E-state index contributed by atoms with van der Waals surface area (Å²) in [5, 5.41) is 7.42. The summed E-state index contributed by atoms with van der Waals surface area (Å²) in [6.07, 6.45) is 4.74. The first-order valence-electron chi connectivity index (χ1n) is 3.75. The molecular weight excluding hydrogens is 154 g/mol. The van der Waals surface area contributed by atoms with Gasteiger partial charge in [-0.25, -0.2) is 0 Å². The van der Waals surface area contributed by atoms with Crippen LogP contribution in [-0.2, 0) is 11.2 Å². The van der Waals surface area contributed by atoms with Crippen LogP contribution in [-0.4, -0.2) is 16.1 Å². The number of hydrogen-bond acceptors (Lipinski definition) is 2. The van der Waals surface area contributed by atoms with Gasteiger partial charge in [0.15, 0.2) is 0 Å². The molecule has 0 saturated carbocycles. The van der Waals surface area contributed by atoms with E-state index in [-0.39, 0.29) is 0 Å². The van der Waals surface area contributed by atoms with Gasteiger partial charge in [-0.15, -0.1) is 0 Å². The number of aryl methyl sites for hydroxylation is 1. The third-order valence-corrected chi connectivity index (χ3v) is 1.16. The number of pyridine rings is 1. The minimum Gasteiger partial charge on any atom is -0.481 e. The van der Waals surface area contributed by atoms with Gasteiger partial charge in [0, 0.05) is 19.3 Å². The summed E-state index contributed by atoms with van der Waals surface area (Å²) in [6, 6.07) is 4.06. The number of hydrogen-bond donors (Lipinski definition) is 1. The lowest BCUT2D eigenvalue weighted by Crippen LogP contribution is -1.78. The van der Waals surface area contributed by atoms with Crippen LogP contribution in [0.15, 0.2) is 24.5 Å². The summed E-state index contributed by atoms with van der Waals surface area (Å²) in [7, 11) is 0. The third kappa shape index (κ3) is 6.74. The smallest absolute Gasteiger partial charge is 0.300 e. The summed E-state index contributed by atoms with van der Waals surface area (Å²) in [4.78, 5) is 12.9. The molecule has 0 aliphatic rings. The summed E-state index contributed by atoms with van der Waals surface area (Å²) in [5.41, 5.74) is 1.35. The Hall–Kier alpha value is -1.38. The zero-order valence-electron chi connectivity index (χ0n) is 7.32. The molecule has 0 bridgehead atoms. The summed E-state index contributed by atoms with van der Waals surface area (Å²) < 4.78 is 0. The molecule has 0 aliphatic heterocycles. The van der Waals surface area contributed by atoms with Gasteiger partial charge in [0.1, 0.15) is 0 Å². The van der Waals surface area contributed by atoms with Crippen LogP contribution < -0.4 is 0 Å². The fraction of sp³-hybridized carbons (Fsp3) is 0.333. The minimum atomic E-state index is -0.833. The van der Waals surface area contributed by atoms with Gasteiger partial charge in [-0.1, -0.05) is 6.92 Å². The molecule has 12 heavy (non-hydrogen) atoms. The van der Waals surface area contributed by atoms with E-state index in [0.717, 1.165) is 13.3 Å². The van der Waals surface area contributed by atoms with Crippen LogP contribution in [0.5, 0.6) is 0 Å². The average molecular weight is 167 g/mol. The minimum absolute atomic E-state index is 0.833. The fourth-order valence-electron chi connectivity index (χ4n) is 0.618. The van der Waals surface area contributed by atoms with Crippen LogP contribution >= 0.6 is 0 Å². The number of carboxylic acid groups (broad SMARTS) is 1. The second kappa shape index (κ2) is 6.34. The van der Waals surface area contributed by atoms with E-state index in [1.807, 2.05) is 24.5 Å². The molecule has 0 aliphatic carbocycles. The molecule has 0 spiro atoms. The molecule has 1 heterocycles. The predicted octanol–water partition coefficient (Wildman–Crippen LogP) is 1.73. The first kappa shape index (κ1) is 10.6. The number of rotatable bonds is 1. The molecule has 1 N–H and O–H groups in total. The van der Waals surface area contributed by atoms with Crippen molar-refractivity contribution in [2.75, 3.05) is 0 Å². The number of nitrogens with zero attached hydrogens (tertiary/aromatic N) is 1. The van der Waals surface area contributed by atoms with Crippen molar-refractivity contribution in [1.82, 2.24) is 4.98 Å². The Morgan fingerprint density at radius 2 is 1.92 bits per heavy atom. The quantitative estimate of drug-likeness (QED) is 0.693. The van der Waals surface area contributed by atoms with E-state index in [2.05, 4.69) is 11.9 Å². The molecule has 3 nitrogen and oxygen atoms in total. The van der Waals surface area contributed by atoms with Gasteiger partial charge in [-0.2, -0.15) is 0 Å². The van der Waals surface area contributed by atoms with Crippen molar-refractivity contribution in [3.8, 4) is 0 Å². The van der Waals surface area contributed by atoms with Gasteiger partial charge in [0.05, 0.1) is 0 Å². The Morgan fingerprint density at radius 1 is 1.50 bits per heavy atom. The Labute approximate surface area is 72.1 Å². The molecule has 0 aromatic carbocycles. The highest BCUT2D eigenvalue weighted by molar-refractivity contribution is 5.62. The highest BCUT2D eigenvalue weighted by Crippen LogP contribution is 1.94. The van der Waals surface area contributed by atoms with Crippen LogP contribution in [0.4, 0.5) is 0 Å². The third-order valence-electron chi connectivity index (χ3n) is 1.16. The van der Waals surface area contributed by atoms with Crippen molar-refractivity contribution in [2.45, 2.75) is 20.3 Å². The van der Waals surface area contributed by atoms with Crippen LogP contribution in [0.25, 0.3) is 0 Å². The van der Waals surface area contributed by atoms with E-state index < -0.39 is 5.97 Å². The highest BCUT2D eigenvalue weighted by atomic mass is 16.4. The van der Waals surface area contributed by atoms with E-state index in [9.17, 15) is 0 Å². The highest BCUT2D eigenvalue weighted by Gasteiger charge is 1.80. The fourth-order valence-corrected chi connectivity index (χ4v) is 0.618. The summed E-state index contributed by atoms with van der Waals surface area (Å²) in [6.45, 7) is 3.22. The molecule has 3 heteroatoms. The number of carboxylic acids is 1. The first-order chi connectivity index (χ1) is 5.66. The van der Waals surface area contributed by atoms with Crippen LogP contribution in [0.1, 0.15) is 19.4 Å². The topological polar surface area (TPSA) is 50.2 Å². The lowest BCUT2D eigenvalue weighted by molar-refractivity contribution is -0.134. The first-order valence-corrected chi connectivity index (χ1v) is 3.75. The lowest BCUT2D eigenvalue weighted by atomic mass is 10.2. The van der Waals surface area contributed by atoms with Gasteiger partial charge in [-0.05, 0) is 24.1 Å². The Bertz CT molecular complexity index is 217. The Kier molecular flexibility index (Phi) is 5.61. The summed E-state index contributed by atoms with van der Waals surface area (Å²) >= 11 is 0. The van der Waals surface area contributed by atoms with E-state index >= 15 is 0 Å². The predicted molar refractivity (Wildman–Crippen MR) is 46.9 cm³/mol. The molecule has 1 aromatic heterocycles. The van der Waals surface area contributed by atoms with Crippen LogP contribution in [0.3, 0.4) is 0 Å². The molecule has 0 unspecified atom stereocenters. The number of carbonyl (C=O) groups is 1. The van der Waals surface area contributed by atoms with Crippen molar-refractivity contribution in [3.05, 3.63) is 30.1 Å². The van der Waals surface area contributed by atoms with E-state index in [4.69, 9.17) is 9.90 Å². The monoisotopic (exact) mass is 167 g/mol. The standard InChI is InChI=1S/C7H9N.C2H4O2/c1-2-7-3-5-8-6-4-7;1-2(3)4/h3-6H,2H2,1H3;1H3,(H,3,4). The molecule has 1 aromatic rings. The summed E-state index contributed by atoms with van der Waals surface area (Å²) in [5.74, 6) is -0.833. The molecule has 0 atom stereocenters. The van der Waals surface area contributed by atoms with Gasteiger partial charge in [0.2, 0.25) is 0 Å². The van der Waals surface area contributed by atoms with E-state index in [1.165, 1.54) is 5.56 Å². The molecule has 0 amide bonds. The van der Waals surface area contributed by atoms with Gasteiger partial charge in [0.25, 0.3) is 5.97 Å². The molecular formula is C9H13NO2. The van der Waals surface area contributed by atoms with Crippen molar-refractivity contribution >= 4 is 5.97 Å². The molecule has 1 rings (SSSR count). The van der Waals surface area contributed by atoms with E-state index in [1.54, 1.807) is 0 Å². The zero-order chi connectivity index (χ0) is 9.40. The van der Waals surface area contributed by atoms with Gasteiger partial charge < -0.3 is 5.11 Å². The van der Waals surface area contributed by atoms with Crippen LogP contribution in [0.2, 0.25) is 0 Å². The normalized spacial score (nSPS) is 8.17.